The minimum Gasteiger partial charge on any atom is -0.481 e. The quantitative estimate of drug-likeness (QED) is 0.825. The van der Waals surface area contributed by atoms with Crippen LogP contribution in [0.25, 0.3) is 0 Å². The predicted octanol–water partition coefficient (Wildman–Crippen LogP) is 2.15. The molecule has 6 nitrogen and oxygen atoms in total. The topological polar surface area (TPSA) is 88.5 Å². The second kappa shape index (κ2) is 6.08. The van der Waals surface area contributed by atoms with Crippen molar-refractivity contribution in [3.05, 3.63) is 27.9 Å². The molecule has 0 aliphatic carbocycles. The van der Waals surface area contributed by atoms with Gasteiger partial charge in [-0.2, -0.15) is 0 Å². The first-order chi connectivity index (χ1) is 10.4. The molecule has 2 heterocycles. The third kappa shape index (κ3) is 2.29. The fraction of sp³-hybridized carbons (Fsp3) is 0.533. The zero-order valence-electron chi connectivity index (χ0n) is 13.0. The van der Waals surface area contributed by atoms with Gasteiger partial charge in [-0.1, -0.05) is 6.92 Å². The summed E-state index contributed by atoms with van der Waals surface area (Å²) in [7, 11) is 1.30. The number of thiazole rings is 1. The van der Waals surface area contributed by atoms with E-state index in [9.17, 15) is 14.7 Å². The Bertz CT molecular complexity index is 611. The van der Waals surface area contributed by atoms with Gasteiger partial charge in [-0.15, -0.1) is 11.3 Å². The number of esters is 1. The van der Waals surface area contributed by atoms with Crippen LogP contribution in [0.2, 0.25) is 0 Å². The van der Waals surface area contributed by atoms with Crippen LogP contribution in [0.4, 0.5) is 0 Å². The third-order valence-corrected chi connectivity index (χ3v) is 5.34. The summed E-state index contributed by atoms with van der Waals surface area (Å²) in [6, 6.07) is -0.336. The van der Waals surface area contributed by atoms with Crippen LogP contribution in [-0.4, -0.2) is 35.2 Å². The van der Waals surface area contributed by atoms with E-state index in [-0.39, 0.29) is 6.04 Å². The van der Waals surface area contributed by atoms with Gasteiger partial charge < -0.3 is 15.2 Å². The summed E-state index contributed by atoms with van der Waals surface area (Å²) < 4.78 is 4.89. The molecule has 7 heteroatoms. The highest BCUT2D eigenvalue weighted by Gasteiger charge is 2.56. The van der Waals surface area contributed by atoms with Crippen molar-refractivity contribution in [2.24, 2.45) is 5.41 Å². The molecule has 0 saturated heterocycles. The molecular formula is C15H20N2O4S. The van der Waals surface area contributed by atoms with Crippen LogP contribution in [0.1, 0.15) is 38.1 Å². The second-order valence-electron chi connectivity index (χ2n) is 5.40. The molecule has 0 spiro atoms. The molecule has 1 aromatic heterocycles. The van der Waals surface area contributed by atoms with E-state index in [2.05, 4.69) is 10.3 Å². The van der Waals surface area contributed by atoms with Crippen LogP contribution in [-0.2, 0) is 14.3 Å². The van der Waals surface area contributed by atoms with E-state index >= 15 is 0 Å². The molecule has 22 heavy (non-hydrogen) atoms. The van der Waals surface area contributed by atoms with Crippen molar-refractivity contribution in [1.29, 1.82) is 0 Å². The number of hydrogen-bond donors (Lipinski definition) is 2. The molecule has 0 saturated carbocycles. The van der Waals surface area contributed by atoms with Crippen LogP contribution < -0.4 is 5.32 Å². The Hall–Kier alpha value is -1.89. The van der Waals surface area contributed by atoms with Gasteiger partial charge in [-0.25, -0.2) is 9.78 Å². The van der Waals surface area contributed by atoms with Crippen molar-refractivity contribution in [2.45, 2.75) is 39.2 Å². The smallest absolute Gasteiger partial charge is 0.336 e. The molecular weight excluding hydrogens is 304 g/mol. The molecule has 3 atom stereocenters. The second-order valence-corrected chi connectivity index (χ2v) is 6.32. The standard InChI is InChI=1S/C15H20N2O4S/c1-5-15(14(19)20)9(3)17-8(2)10(13(18)21-4)11(15)12-16-6-7-22-12/h6-7,9,11,17H,5H2,1-4H3,(H,19,20). The maximum absolute atomic E-state index is 12.3. The number of allylic oxidation sites excluding steroid dienone is 1. The molecule has 0 radical (unpaired) electrons. The third-order valence-electron chi connectivity index (χ3n) is 4.50. The number of carboxylic acids is 1. The Morgan fingerprint density at radius 1 is 1.55 bits per heavy atom. The molecule has 1 aliphatic heterocycles. The first kappa shape index (κ1) is 16.5. The summed E-state index contributed by atoms with van der Waals surface area (Å²) in [5.74, 6) is -2.08. The van der Waals surface area contributed by atoms with Gasteiger partial charge >= 0.3 is 11.9 Å². The van der Waals surface area contributed by atoms with Crippen molar-refractivity contribution < 1.29 is 19.4 Å². The average molecular weight is 324 g/mol. The van der Waals surface area contributed by atoms with Crippen molar-refractivity contribution in [3.63, 3.8) is 0 Å². The lowest BCUT2D eigenvalue weighted by molar-refractivity contribution is -0.153. The lowest BCUT2D eigenvalue weighted by Gasteiger charge is -2.45. The Morgan fingerprint density at radius 3 is 2.68 bits per heavy atom. The van der Waals surface area contributed by atoms with E-state index in [4.69, 9.17) is 4.74 Å². The van der Waals surface area contributed by atoms with E-state index in [1.807, 2.05) is 13.8 Å². The summed E-state index contributed by atoms with van der Waals surface area (Å²) in [6.07, 6.45) is 1.99. The highest BCUT2D eigenvalue weighted by Crippen LogP contribution is 2.50. The maximum atomic E-state index is 12.3. The fourth-order valence-electron chi connectivity index (χ4n) is 3.33. The van der Waals surface area contributed by atoms with Gasteiger partial charge in [-0.05, 0) is 20.3 Å². The normalized spacial score (nSPS) is 28.2. The van der Waals surface area contributed by atoms with Crippen molar-refractivity contribution >= 4 is 23.3 Å². The number of carbonyl (C=O) groups excluding carboxylic acids is 1. The summed E-state index contributed by atoms with van der Waals surface area (Å²) in [5.41, 5.74) is -0.161. The highest BCUT2D eigenvalue weighted by molar-refractivity contribution is 7.09. The molecule has 1 aliphatic rings. The summed E-state index contributed by atoms with van der Waals surface area (Å²) in [6.45, 7) is 5.42. The molecule has 2 N–H and O–H groups in total. The Kier molecular flexibility index (Phi) is 4.55. The molecule has 2 rings (SSSR count). The largest absolute Gasteiger partial charge is 0.481 e. The van der Waals surface area contributed by atoms with E-state index in [0.717, 1.165) is 0 Å². The van der Waals surface area contributed by atoms with Gasteiger partial charge in [0.2, 0.25) is 0 Å². The Labute approximate surface area is 133 Å². The number of rotatable bonds is 4. The van der Waals surface area contributed by atoms with Gasteiger partial charge in [0, 0.05) is 23.3 Å². The number of nitrogens with one attached hydrogen (secondary N) is 1. The van der Waals surface area contributed by atoms with Gasteiger partial charge in [0.05, 0.1) is 18.6 Å². The summed E-state index contributed by atoms with van der Waals surface area (Å²) >= 11 is 1.36. The number of nitrogens with zero attached hydrogens (tertiary/aromatic N) is 1. The lowest BCUT2D eigenvalue weighted by atomic mass is 9.63. The average Bonchev–Trinajstić information content (AvgIpc) is 2.99. The van der Waals surface area contributed by atoms with Gasteiger partial charge in [0.1, 0.15) is 10.4 Å². The molecule has 0 amide bonds. The monoisotopic (exact) mass is 324 g/mol. The van der Waals surface area contributed by atoms with Crippen molar-refractivity contribution in [3.8, 4) is 0 Å². The van der Waals surface area contributed by atoms with Crippen LogP contribution in [0.3, 0.4) is 0 Å². The zero-order valence-corrected chi connectivity index (χ0v) is 13.9. The summed E-state index contributed by atoms with van der Waals surface area (Å²) in [5, 5.41) is 15.5. The van der Waals surface area contributed by atoms with Crippen LogP contribution in [0, 0.1) is 5.41 Å². The number of aliphatic carboxylic acids is 1. The summed E-state index contributed by atoms with van der Waals surface area (Å²) in [4.78, 5) is 28.7. The minimum absolute atomic E-state index is 0.336. The van der Waals surface area contributed by atoms with Gasteiger partial charge in [-0.3, -0.25) is 4.79 Å². The van der Waals surface area contributed by atoms with Gasteiger partial charge in [0.15, 0.2) is 0 Å². The molecule has 1 aromatic rings. The number of carbonyl (C=O) groups is 2. The molecule has 0 fully saturated rings. The predicted molar refractivity (Wildman–Crippen MR) is 82.5 cm³/mol. The minimum atomic E-state index is -1.15. The number of ether oxygens (including phenoxy) is 1. The molecule has 3 unspecified atom stereocenters. The number of aromatic nitrogens is 1. The van der Waals surface area contributed by atoms with E-state index in [1.54, 1.807) is 18.5 Å². The first-order valence-corrected chi connectivity index (χ1v) is 7.96. The van der Waals surface area contributed by atoms with Crippen molar-refractivity contribution in [1.82, 2.24) is 10.3 Å². The Morgan fingerprint density at radius 2 is 2.23 bits per heavy atom. The van der Waals surface area contributed by atoms with Crippen LogP contribution in [0.15, 0.2) is 22.8 Å². The maximum Gasteiger partial charge on any atom is 0.336 e. The Balaban J connectivity index is 2.74. The van der Waals surface area contributed by atoms with Crippen LogP contribution in [0.5, 0.6) is 0 Å². The molecule has 0 bridgehead atoms. The number of carboxylic acid groups (broad SMARTS) is 1. The zero-order chi connectivity index (χ0) is 16.5. The highest BCUT2D eigenvalue weighted by atomic mass is 32.1. The molecule has 120 valence electrons. The fourth-order valence-corrected chi connectivity index (χ4v) is 4.17. The molecule has 0 aromatic carbocycles. The number of methoxy groups -OCH3 is 1. The van der Waals surface area contributed by atoms with E-state index < -0.39 is 23.3 Å². The first-order valence-electron chi connectivity index (χ1n) is 7.08. The van der Waals surface area contributed by atoms with E-state index in [0.29, 0.717) is 22.7 Å². The number of hydrogen-bond acceptors (Lipinski definition) is 6. The lowest BCUT2D eigenvalue weighted by Crippen LogP contribution is -2.56. The van der Waals surface area contributed by atoms with Crippen LogP contribution >= 0.6 is 11.3 Å². The van der Waals surface area contributed by atoms with E-state index in [1.165, 1.54) is 18.4 Å². The van der Waals surface area contributed by atoms with Gasteiger partial charge in [0.25, 0.3) is 0 Å². The van der Waals surface area contributed by atoms with Crippen molar-refractivity contribution in [2.75, 3.05) is 7.11 Å². The SMILES string of the molecule is CCC1(C(=O)O)C(C)NC(C)=C(C(=O)OC)C1c1nccs1.